The van der Waals surface area contributed by atoms with Gasteiger partial charge in [-0.3, -0.25) is 4.79 Å². The molecule has 1 heterocycles. The summed E-state index contributed by atoms with van der Waals surface area (Å²) in [4.78, 5) is 21.0. The smallest absolute Gasteiger partial charge is 0.220 e. The second kappa shape index (κ2) is 9.86. The molecule has 1 N–H and O–H groups in total. The van der Waals surface area contributed by atoms with Crippen LogP contribution in [0.5, 0.6) is 0 Å². The Labute approximate surface area is 178 Å². The van der Waals surface area contributed by atoms with Crippen LogP contribution in [0.3, 0.4) is 0 Å². The van der Waals surface area contributed by atoms with Crippen molar-refractivity contribution in [3.05, 3.63) is 51.5 Å². The van der Waals surface area contributed by atoms with Crippen LogP contribution in [0.4, 0.5) is 0 Å². The van der Waals surface area contributed by atoms with E-state index in [0.29, 0.717) is 12.5 Å². The Morgan fingerprint density at radius 1 is 1.17 bits per heavy atom. The van der Waals surface area contributed by atoms with Gasteiger partial charge in [0.1, 0.15) is 0 Å². The zero-order valence-corrected chi connectivity index (χ0v) is 18.3. The first-order valence-corrected chi connectivity index (χ1v) is 12.1. The maximum absolute atomic E-state index is 12.4. The number of benzene rings is 1. The largest absolute Gasteiger partial charge is 0.353 e. The van der Waals surface area contributed by atoms with Crippen molar-refractivity contribution in [2.24, 2.45) is 0 Å². The molecule has 29 heavy (non-hydrogen) atoms. The summed E-state index contributed by atoms with van der Waals surface area (Å²) < 4.78 is 0. The number of rotatable bonds is 9. The van der Waals surface area contributed by atoms with Crippen molar-refractivity contribution in [2.75, 3.05) is 13.1 Å². The summed E-state index contributed by atoms with van der Waals surface area (Å²) in [7, 11) is 0. The number of carbonyl (C=O) groups excluding carboxylic acids is 1. The molecule has 2 aromatic rings. The average molecular weight is 412 g/mol. The monoisotopic (exact) mass is 411 g/mol. The zero-order valence-electron chi connectivity index (χ0n) is 17.5. The molecule has 2 aliphatic carbocycles. The van der Waals surface area contributed by atoms with Crippen molar-refractivity contribution >= 4 is 17.2 Å². The summed E-state index contributed by atoms with van der Waals surface area (Å²) in [6, 6.07) is 9.48. The Hall–Kier alpha value is -1.72. The molecule has 1 aromatic carbocycles. The normalized spacial score (nSPS) is 18.6. The molecule has 1 unspecified atom stereocenters. The second-order valence-corrected chi connectivity index (χ2v) is 9.49. The molecule has 5 heteroatoms. The van der Waals surface area contributed by atoms with Gasteiger partial charge < -0.3 is 10.2 Å². The number of unbranched alkanes of at least 4 members (excludes halogenated alkanes) is 1. The summed E-state index contributed by atoms with van der Waals surface area (Å²) in [6.45, 7) is 4.53. The van der Waals surface area contributed by atoms with Crippen molar-refractivity contribution < 1.29 is 4.79 Å². The first-order chi connectivity index (χ1) is 14.2. The van der Waals surface area contributed by atoms with Gasteiger partial charge in [-0.1, -0.05) is 31.2 Å². The third kappa shape index (κ3) is 5.26. The van der Waals surface area contributed by atoms with Gasteiger partial charge in [0.05, 0.1) is 11.2 Å². The second-order valence-electron chi connectivity index (χ2n) is 8.55. The number of hydrogen-bond acceptors (Lipinski definition) is 4. The molecule has 0 spiro atoms. The van der Waals surface area contributed by atoms with E-state index in [2.05, 4.69) is 46.4 Å². The first-order valence-electron chi connectivity index (χ1n) is 11.2. The SMILES string of the molecule is CCCN(CCCCC(=O)NC1Cc2ccccc2C1)C1CCc2ncsc2C1. The zero-order chi connectivity index (χ0) is 20.1. The van der Waals surface area contributed by atoms with Gasteiger partial charge in [0, 0.05) is 23.4 Å². The molecule has 0 saturated carbocycles. The van der Waals surface area contributed by atoms with Crippen LogP contribution >= 0.6 is 11.3 Å². The minimum atomic E-state index is 0.219. The summed E-state index contributed by atoms with van der Waals surface area (Å²) in [5.74, 6) is 0.219. The fraction of sp³-hybridized carbons (Fsp3) is 0.583. The Morgan fingerprint density at radius 2 is 1.97 bits per heavy atom. The van der Waals surface area contributed by atoms with Gasteiger partial charge in [0.15, 0.2) is 0 Å². The van der Waals surface area contributed by atoms with Gasteiger partial charge in [0.2, 0.25) is 5.91 Å². The lowest BCUT2D eigenvalue weighted by Gasteiger charge is -2.33. The van der Waals surface area contributed by atoms with E-state index in [1.54, 1.807) is 0 Å². The Morgan fingerprint density at radius 3 is 2.72 bits per heavy atom. The molecule has 0 saturated heterocycles. The van der Waals surface area contributed by atoms with Crippen LogP contribution in [0.2, 0.25) is 0 Å². The molecule has 1 aromatic heterocycles. The Balaban J connectivity index is 1.17. The van der Waals surface area contributed by atoms with Crippen LogP contribution in [-0.2, 0) is 30.5 Å². The van der Waals surface area contributed by atoms with Crippen LogP contribution in [0, 0.1) is 0 Å². The van der Waals surface area contributed by atoms with Crippen molar-refractivity contribution in [2.45, 2.75) is 76.8 Å². The van der Waals surface area contributed by atoms with Crippen molar-refractivity contribution in [3.8, 4) is 0 Å². The van der Waals surface area contributed by atoms with E-state index >= 15 is 0 Å². The quantitative estimate of drug-likeness (QED) is 0.630. The molecule has 0 fully saturated rings. The van der Waals surface area contributed by atoms with Crippen LogP contribution in [0.25, 0.3) is 0 Å². The number of hydrogen-bond donors (Lipinski definition) is 1. The van der Waals surface area contributed by atoms with Crippen molar-refractivity contribution in [3.63, 3.8) is 0 Å². The molecule has 4 nitrogen and oxygen atoms in total. The van der Waals surface area contributed by atoms with Gasteiger partial charge in [-0.2, -0.15) is 0 Å². The number of aryl methyl sites for hydroxylation is 1. The van der Waals surface area contributed by atoms with Crippen molar-refractivity contribution in [1.82, 2.24) is 15.2 Å². The number of carbonyl (C=O) groups is 1. The lowest BCUT2D eigenvalue weighted by molar-refractivity contribution is -0.121. The van der Waals surface area contributed by atoms with E-state index in [1.165, 1.54) is 34.5 Å². The minimum absolute atomic E-state index is 0.219. The summed E-state index contributed by atoms with van der Waals surface area (Å²) in [6.07, 6.45) is 9.37. The standard InChI is InChI=1S/C24H33N3OS/c1-2-12-27(21-10-11-22-23(16-21)29-17-25-22)13-6-5-9-24(28)26-20-14-18-7-3-4-8-19(18)15-20/h3-4,7-8,17,20-21H,2,5-6,9-16H2,1H3,(H,26,28). The van der Waals surface area contributed by atoms with Gasteiger partial charge in [0.25, 0.3) is 0 Å². The summed E-state index contributed by atoms with van der Waals surface area (Å²) in [5.41, 5.74) is 6.11. The summed E-state index contributed by atoms with van der Waals surface area (Å²) >= 11 is 1.82. The fourth-order valence-electron chi connectivity index (χ4n) is 4.92. The van der Waals surface area contributed by atoms with Crippen molar-refractivity contribution in [1.29, 1.82) is 0 Å². The summed E-state index contributed by atoms with van der Waals surface area (Å²) in [5, 5.41) is 3.25. The van der Waals surface area contributed by atoms with Crippen LogP contribution in [0.1, 0.15) is 60.7 Å². The van der Waals surface area contributed by atoms with E-state index < -0.39 is 0 Å². The predicted molar refractivity (Wildman–Crippen MR) is 119 cm³/mol. The number of thiazole rings is 1. The molecule has 0 radical (unpaired) electrons. The molecule has 0 bridgehead atoms. The maximum Gasteiger partial charge on any atom is 0.220 e. The highest BCUT2D eigenvalue weighted by Gasteiger charge is 2.25. The molecule has 156 valence electrons. The van der Waals surface area contributed by atoms with E-state index in [1.807, 2.05) is 16.8 Å². The van der Waals surface area contributed by atoms with Gasteiger partial charge in [-0.05, 0) is 75.6 Å². The third-order valence-electron chi connectivity index (χ3n) is 6.40. The molecule has 1 amide bonds. The van der Waals surface area contributed by atoms with E-state index in [4.69, 9.17) is 0 Å². The lowest BCUT2D eigenvalue weighted by Crippen LogP contribution is -2.40. The number of nitrogens with one attached hydrogen (secondary N) is 1. The van der Waals surface area contributed by atoms with E-state index in [9.17, 15) is 4.79 Å². The fourth-order valence-corrected chi connectivity index (χ4v) is 5.81. The molecular formula is C24H33N3OS. The van der Waals surface area contributed by atoms with Gasteiger partial charge in [-0.15, -0.1) is 11.3 Å². The number of amides is 1. The van der Waals surface area contributed by atoms with E-state index in [-0.39, 0.29) is 11.9 Å². The van der Waals surface area contributed by atoms with Crippen LogP contribution in [-0.4, -0.2) is 41.0 Å². The number of nitrogens with zero attached hydrogens (tertiary/aromatic N) is 2. The average Bonchev–Trinajstić information content (AvgIpc) is 3.35. The predicted octanol–water partition coefficient (Wildman–Crippen LogP) is 4.17. The lowest BCUT2D eigenvalue weighted by atomic mass is 9.95. The highest BCUT2D eigenvalue weighted by atomic mass is 32.1. The van der Waals surface area contributed by atoms with Crippen LogP contribution < -0.4 is 5.32 Å². The van der Waals surface area contributed by atoms with E-state index in [0.717, 1.165) is 51.6 Å². The molecule has 2 aliphatic rings. The molecule has 1 atom stereocenters. The van der Waals surface area contributed by atoms with Gasteiger partial charge in [-0.25, -0.2) is 4.98 Å². The molecule has 4 rings (SSSR count). The Kier molecular flexibility index (Phi) is 6.98. The first kappa shape index (κ1) is 20.5. The molecular weight excluding hydrogens is 378 g/mol. The number of fused-ring (bicyclic) bond motifs is 2. The van der Waals surface area contributed by atoms with Gasteiger partial charge >= 0.3 is 0 Å². The molecule has 0 aliphatic heterocycles. The Bertz CT molecular complexity index is 793. The third-order valence-corrected chi connectivity index (χ3v) is 7.30. The topological polar surface area (TPSA) is 45.2 Å². The minimum Gasteiger partial charge on any atom is -0.353 e. The highest BCUT2D eigenvalue weighted by Crippen LogP contribution is 2.27. The number of aromatic nitrogens is 1. The van der Waals surface area contributed by atoms with Crippen LogP contribution in [0.15, 0.2) is 29.8 Å². The maximum atomic E-state index is 12.4. The highest BCUT2D eigenvalue weighted by molar-refractivity contribution is 7.09.